The summed E-state index contributed by atoms with van der Waals surface area (Å²) in [7, 11) is 0. The fraction of sp³-hybridized carbons (Fsp3) is 0.100. The van der Waals surface area contributed by atoms with Crippen molar-refractivity contribution in [3.8, 4) is 0 Å². The summed E-state index contributed by atoms with van der Waals surface area (Å²) in [6.07, 6.45) is 1.49. The minimum atomic E-state index is -0.324. The van der Waals surface area contributed by atoms with Crippen molar-refractivity contribution in [2.45, 2.75) is 9.96 Å². The Morgan fingerprint density at radius 2 is 2.44 bits per heavy atom. The molecule has 0 unspecified atom stereocenters. The van der Waals surface area contributed by atoms with Crippen molar-refractivity contribution in [3.05, 3.63) is 41.2 Å². The van der Waals surface area contributed by atoms with E-state index in [1.54, 1.807) is 29.2 Å². The number of thiophene rings is 1. The molecule has 2 aromatic rings. The van der Waals surface area contributed by atoms with Crippen LogP contribution >= 0.6 is 23.1 Å². The van der Waals surface area contributed by atoms with Crippen molar-refractivity contribution < 1.29 is 9.21 Å². The number of hydrazine groups is 1. The first-order valence-corrected chi connectivity index (χ1v) is 6.41. The quantitative estimate of drug-likeness (QED) is 0.380. The molecule has 0 fully saturated rings. The number of nitrogen functional groups attached to an aromatic ring is 1. The van der Waals surface area contributed by atoms with Crippen molar-refractivity contribution >= 4 is 29.0 Å². The van der Waals surface area contributed by atoms with Crippen LogP contribution in [0.15, 0.2) is 38.5 Å². The number of furan rings is 1. The smallest absolute Gasteiger partial charge is 0.268 e. The molecule has 16 heavy (non-hydrogen) atoms. The molecule has 0 saturated carbocycles. The lowest BCUT2D eigenvalue weighted by molar-refractivity contribution is 0.0952. The Morgan fingerprint density at radius 3 is 3.12 bits per heavy atom. The molecule has 4 nitrogen and oxygen atoms in total. The van der Waals surface area contributed by atoms with Crippen LogP contribution in [-0.4, -0.2) is 5.91 Å². The van der Waals surface area contributed by atoms with Crippen LogP contribution in [0.3, 0.4) is 0 Å². The highest BCUT2D eigenvalue weighted by molar-refractivity contribution is 8.00. The molecule has 0 radical (unpaired) electrons. The molecule has 0 saturated heterocycles. The minimum Gasteiger partial charge on any atom is -0.468 e. The van der Waals surface area contributed by atoms with Gasteiger partial charge in [0.2, 0.25) is 0 Å². The van der Waals surface area contributed by atoms with Gasteiger partial charge in [-0.3, -0.25) is 10.2 Å². The van der Waals surface area contributed by atoms with Crippen LogP contribution in [0.1, 0.15) is 16.1 Å². The molecular weight excluding hydrogens is 244 g/mol. The van der Waals surface area contributed by atoms with E-state index in [9.17, 15) is 4.79 Å². The normalized spacial score (nSPS) is 10.3. The highest BCUT2D eigenvalue weighted by Crippen LogP contribution is 2.28. The van der Waals surface area contributed by atoms with Crippen LogP contribution in [0, 0.1) is 0 Å². The fourth-order valence-corrected chi connectivity index (χ4v) is 2.95. The molecule has 2 heterocycles. The Hall–Kier alpha value is -1.24. The van der Waals surface area contributed by atoms with Gasteiger partial charge < -0.3 is 4.42 Å². The monoisotopic (exact) mass is 254 g/mol. The third kappa shape index (κ3) is 2.46. The molecule has 3 N–H and O–H groups in total. The second-order valence-corrected chi connectivity index (χ2v) is 5.17. The number of hydrogen-bond acceptors (Lipinski definition) is 5. The lowest BCUT2D eigenvalue weighted by Gasteiger charge is -2.00. The zero-order chi connectivity index (χ0) is 11.4. The van der Waals surface area contributed by atoms with Gasteiger partial charge >= 0.3 is 0 Å². The van der Waals surface area contributed by atoms with Crippen molar-refractivity contribution in [2.24, 2.45) is 5.84 Å². The first-order chi connectivity index (χ1) is 7.81. The van der Waals surface area contributed by atoms with Gasteiger partial charge in [-0.05, 0) is 17.5 Å². The first kappa shape index (κ1) is 11.3. The molecule has 0 spiro atoms. The van der Waals surface area contributed by atoms with Crippen LogP contribution in [0.25, 0.3) is 0 Å². The standard InChI is InChI=1S/C10H10N2O2S2/c11-12-10(13)7-3-4-14-8(7)6-16-9-2-1-5-15-9/h1-5H,6,11H2,(H,12,13). The summed E-state index contributed by atoms with van der Waals surface area (Å²) >= 11 is 3.29. The fourth-order valence-electron chi connectivity index (χ4n) is 1.21. The molecular formula is C10H10N2O2S2. The predicted molar refractivity (Wildman–Crippen MR) is 64.2 cm³/mol. The summed E-state index contributed by atoms with van der Waals surface area (Å²) in [6.45, 7) is 0. The van der Waals surface area contributed by atoms with Crippen LogP contribution in [-0.2, 0) is 5.75 Å². The topological polar surface area (TPSA) is 68.3 Å². The Bertz CT molecular complexity index is 465. The van der Waals surface area contributed by atoms with Gasteiger partial charge in [0.05, 0.1) is 21.8 Å². The summed E-state index contributed by atoms with van der Waals surface area (Å²) in [5, 5.41) is 2.01. The average molecular weight is 254 g/mol. The van der Waals surface area contributed by atoms with E-state index in [1.165, 1.54) is 10.5 Å². The lowest BCUT2D eigenvalue weighted by atomic mass is 10.2. The van der Waals surface area contributed by atoms with Gasteiger partial charge in [-0.2, -0.15) is 0 Å². The molecule has 6 heteroatoms. The molecule has 0 aliphatic heterocycles. The maximum absolute atomic E-state index is 11.4. The predicted octanol–water partition coefficient (Wildman–Crippen LogP) is 2.24. The van der Waals surface area contributed by atoms with Crippen molar-refractivity contribution in [2.75, 3.05) is 0 Å². The number of amides is 1. The van der Waals surface area contributed by atoms with Gasteiger partial charge in [0.1, 0.15) is 5.76 Å². The maximum Gasteiger partial charge on any atom is 0.268 e. The van der Waals surface area contributed by atoms with E-state index >= 15 is 0 Å². The van der Waals surface area contributed by atoms with Crippen LogP contribution in [0.5, 0.6) is 0 Å². The average Bonchev–Trinajstić information content (AvgIpc) is 2.96. The van der Waals surface area contributed by atoms with Gasteiger partial charge in [-0.25, -0.2) is 5.84 Å². The molecule has 0 atom stereocenters. The van der Waals surface area contributed by atoms with E-state index in [-0.39, 0.29) is 5.91 Å². The number of carbonyl (C=O) groups excluding carboxylic acids is 1. The van der Waals surface area contributed by atoms with Crippen molar-refractivity contribution in [3.63, 3.8) is 0 Å². The Labute approximate surface area is 101 Å². The SMILES string of the molecule is NNC(=O)c1ccoc1CSc1cccs1. The Kier molecular flexibility index (Phi) is 3.66. The largest absolute Gasteiger partial charge is 0.468 e. The van der Waals surface area contributed by atoms with Gasteiger partial charge in [0.25, 0.3) is 5.91 Å². The molecule has 84 valence electrons. The van der Waals surface area contributed by atoms with E-state index in [4.69, 9.17) is 10.3 Å². The van der Waals surface area contributed by atoms with Crippen molar-refractivity contribution in [1.82, 2.24) is 5.43 Å². The molecule has 0 aromatic carbocycles. The minimum absolute atomic E-state index is 0.324. The Morgan fingerprint density at radius 1 is 1.56 bits per heavy atom. The van der Waals surface area contributed by atoms with E-state index in [2.05, 4.69) is 5.43 Å². The lowest BCUT2D eigenvalue weighted by Crippen LogP contribution is -2.30. The van der Waals surface area contributed by atoms with Gasteiger partial charge in [0, 0.05) is 0 Å². The van der Waals surface area contributed by atoms with Gasteiger partial charge in [-0.1, -0.05) is 6.07 Å². The van der Waals surface area contributed by atoms with Gasteiger partial charge in [0.15, 0.2) is 0 Å². The molecule has 0 bridgehead atoms. The number of rotatable bonds is 4. The van der Waals surface area contributed by atoms with E-state index < -0.39 is 0 Å². The number of nitrogens with one attached hydrogen (secondary N) is 1. The van der Waals surface area contributed by atoms with E-state index in [0.29, 0.717) is 17.1 Å². The van der Waals surface area contributed by atoms with Crippen LogP contribution in [0.2, 0.25) is 0 Å². The number of hydrogen-bond donors (Lipinski definition) is 2. The maximum atomic E-state index is 11.4. The summed E-state index contributed by atoms with van der Waals surface area (Å²) in [6, 6.07) is 5.64. The highest BCUT2D eigenvalue weighted by Gasteiger charge is 2.13. The molecule has 2 rings (SSSR count). The summed E-state index contributed by atoms with van der Waals surface area (Å²) < 4.78 is 6.44. The Balaban J connectivity index is 2.04. The summed E-state index contributed by atoms with van der Waals surface area (Å²) in [5.74, 6) is 6.01. The van der Waals surface area contributed by atoms with Crippen molar-refractivity contribution in [1.29, 1.82) is 0 Å². The molecule has 1 amide bonds. The van der Waals surface area contributed by atoms with E-state index in [0.717, 1.165) is 0 Å². The summed E-state index contributed by atoms with van der Waals surface area (Å²) in [5.41, 5.74) is 2.59. The van der Waals surface area contributed by atoms with Gasteiger partial charge in [-0.15, -0.1) is 23.1 Å². The van der Waals surface area contributed by atoms with E-state index in [1.807, 2.05) is 17.5 Å². The zero-order valence-corrected chi connectivity index (χ0v) is 9.94. The third-order valence-corrected chi connectivity index (χ3v) is 4.09. The number of carbonyl (C=O) groups is 1. The number of nitrogens with two attached hydrogens (primary N) is 1. The second-order valence-electron chi connectivity index (χ2n) is 2.95. The third-order valence-electron chi connectivity index (χ3n) is 1.96. The highest BCUT2D eigenvalue weighted by atomic mass is 32.2. The number of thioether (sulfide) groups is 1. The molecule has 0 aliphatic carbocycles. The first-order valence-electron chi connectivity index (χ1n) is 4.55. The van der Waals surface area contributed by atoms with Crippen LogP contribution < -0.4 is 11.3 Å². The molecule has 0 aliphatic rings. The summed E-state index contributed by atoms with van der Waals surface area (Å²) in [4.78, 5) is 11.4. The van der Waals surface area contributed by atoms with Crippen LogP contribution in [0.4, 0.5) is 0 Å². The second kappa shape index (κ2) is 5.20. The molecule has 2 aromatic heterocycles. The zero-order valence-electron chi connectivity index (χ0n) is 8.30.